The Morgan fingerprint density at radius 1 is 1.00 bits per heavy atom. The van der Waals surface area contributed by atoms with Gasteiger partial charge in [0, 0.05) is 46.7 Å². The lowest BCUT2D eigenvalue weighted by Gasteiger charge is -2.59. The second-order valence-electron chi connectivity index (χ2n) is 14.1. The lowest BCUT2D eigenvalue weighted by atomic mass is 9.43. The van der Waals surface area contributed by atoms with Crippen molar-refractivity contribution in [2.75, 3.05) is 6.61 Å². The summed E-state index contributed by atoms with van der Waals surface area (Å²) in [4.78, 5) is 40.7. The molecule has 0 bridgehead atoms. The van der Waals surface area contributed by atoms with Crippen LogP contribution in [0.5, 0.6) is 0 Å². The Balaban J connectivity index is 1.69. The Bertz CT molecular complexity index is 1010. The smallest absolute Gasteiger partial charge is 0.160 e. The van der Waals surface area contributed by atoms with Crippen molar-refractivity contribution in [3.8, 4) is 0 Å². The van der Waals surface area contributed by atoms with E-state index in [-0.39, 0.29) is 40.5 Å². The molecule has 0 heterocycles. The number of hydrogen-bond acceptors (Lipinski definition) is 6. The van der Waals surface area contributed by atoms with Crippen LogP contribution in [0.4, 0.5) is 0 Å². The predicted octanol–water partition coefficient (Wildman–Crippen LogP) is 4.18. The summed E-state index contributed by atoms with van der Waals surface area (Å²) in [6, 6.07) is 0. The van der Waals surface area contributed by atoms with Crippen molar-refractivity contribution in [2.24, 2.45) is 39.4 Å². The van der Waals surface area contributed by atoms with Gasteiger partial charge >= 0.3 is 0 Å². The summed E-state index contributed by atoms with van der Waals surface area (Å²) in [5.74, 6) is 0.570. The molecule has 4 rings (SSSR count). The summed E-state index contributed by atoms with van der Waals surface area (Å²) in [5.41, 5.74) is -1.90. The Morgan fingerprint density at radius 3 is 2.25 bits per heavy atom. The standard InChI is InChI=1S/C30H46O6/c1-17(8-9-23(35)30(7,36)16-31)18-10-13-28(5)25-19(32)14-21-26(2,3)22(34)11-12-27(21,4)24(25)20(33)15-29(18,28)6/h17-18,21,23,31,35-36H,8-16H2,1-7H3. The van der Waals surface area contributed by atoms with Crippen LogP contribution in [-0.4, -0.2) is 51.0 Å². The molecular weight excluding hydrogens is 456 g/mol. The van der Waals surface area contributed by atoms with Gasteiger partial charge in [-0.15, -0.1) is 0 Å². The van der Waals surface area contributed by atoms with Gasteiger partial charge in [0.05, 0.1) is 12.7 Å². The molecule has 0 aromatic carbocycles. The van der Waals surface area contributed by atoms with Crippen LogP contribution in [0.2, 0.25) is 0 Å². The van der Waals surface area contributed by atoms with Crippen molar-refractivity contribution in [2.45, 2.75) is 112 Å². The molecule has 2 saturated carbocycles. The monoisotopic (exact) mass is 502 g/mol. The molecule has 4 aliphatic carbocycles. The summed E-state index contributed by atoms with van der Waals surface area (Å²) >= 11 is 0. The molecule has 8 unspecified atom stereocenters. The topological polar surface area (TPSA) is 112 Å². The largest absolute Gasteiger partial charge is 0.393 e. The second-order valence-corrected chi connectivity index (χ2v) is 14.1. The highest BCUT2D eigenvalue weighted by Gasteiger charge is 2.67. The third-order valence-electron chi connectivity index (χ3n) is 11.7. The molecule has 0 aromatic rings. The number of carbonyl (C=O) groups is 3. The number of rotatable bonds is 6. The van der Waals surface area contributed by atoms with Crippen molar-refractivity contribution in [1.82, 2.24) is 0 Å². The minimum Gasteiger partial charge on any atom is -0.393 e. The molecule has 0 amide bonds. The van der Waals surface area contributed by atoms with Gasteiger partial charge in [-0.3, -0.25) is 14.4 Å². The van der Waals surface area contributed by atoms with Gasteiger partial charge in [-0.2, -0.15) is 0 Å². The van der Waals surface area contributed by atoms with E-state index in [1.54, 1.807) is 0 Å². The summed E-state index contributed by atoms with van der Waals surface area (Å²) in [7, 11) is 0. The summed E-state index contributed by atoms with van der Waals surface area (Å²) < 4.78 is 0. The van der Waals surface area contributed by atoms with Crippen molar-refractivity contribution in [3.63, 3.8) is 0 Å². The van der Waals surface area contributed by atoms with Crippen LogP contribution in [-0.2, 0) is 14.4 Å². The van der Waals surface area contributed by atoms with E-state index < -0.39 is 34.6 Å². The first-order valence-corrected chi connectivity index (χ1v) is 13.8. The second kappa shape index (κ2) is 8.57. The SMILES string of the molecule is CC(CCC(O)C(C)(O)CO)C1CCC2(C)C3=C(C(=O)CC12C)C1(C)CCC(=O)C(C)(C)C1CC3=O. The molecule has 0 aliphatic heterocycles. The molecule has 0 saturated heterocycles. The Morgan fingerprint density at radius 2 is 1.64 bits per heavy atom. The molecule has 0 radical (unpaired) electrons. The maximum atomic E-state index is 14.0. The molecular formula is C30H46O6. The summed E-state index contributed by atoms with van der Waals surface area (Å²) in [5, 5.41) is 30.0. The zero-order valence-electron chi connectivity index (χ0n) is 23.2. The molecule has 6 heteroatoms. The fraction of sp³-hybridized carbons (Fsp3) is 0.833. The summed E-state index contributed by atoms with van der Waals surface area (Å²) in [6.45, 7) is 13.5. The fourth-order valence-electron chi connectivity index (χ4n) is 8.96. The fourth-order valence-corrected chi connectivity index (χ4v) is 8.96. The van der Waals surface area contributed by atoms with Gasteiger partial charge in [0.15, 0.2) is 11.6 Å². The van der Waals surface area contributed by atoms with Crippen LogP contribution in [0.15, 0.2) is 11.1 Å². The molecule has 8 atom stereocenters. The maximum Gasteiger partial charge on any atom is 0.160 e. The highest BCUT2D eigenvalue weighted by molar-refractivity contribution is 6.12. The van der Waals surface area contributed by atoms with Crippen molar-refractivity contribution < 1.29 is 29.7 Å². The molecule has 3 N–H and O–H groups in total. The van der Waals surface area contributed by atoms with Gasteiger partial charge in [-0.05, 0) is 62.2 Å². The number of aliphatic hydroxyl groups is 3. The van der Waals surface area contributed by atoms with Gasteiger partial charge in [-0.1, -0.05) is 41.5 Å². The van der Waals surface area contributed by atoms with Gasteiger partial charge in [0.2, 0.25) is 0 Å². The number of fused-ring (bicyclic) bond motifs is 4. The van der Waals surface area contributed by atoms with Crippen LogP contribution >= 0.6 is 0 Å². The quantitative estimate of drug-likeness (QED) is 0.502. The molecule has 0 aromatic heterocycles. The zero-order chi connectivity index (χ0) is 27.1. The van der Waals surface area contributed by atoms with E-state index in [0.29, 0.717) is 38.5 Å². The first kappa shape index (κ1) is 27.7. The van der Waals surface area contributed by atoms with E-state index in [1.807, 2.05) is 13.8 Å². The maximum absolute atomic E-state index is 14.0. The van der Waals surface area contributed by atoms with E-state index >= 15 is 0 Å². The van der Waals surface area contributed by atoms with Crippen molar-refractivity contribution in [3.05, 3.63) is 11.1 Å². The number of ketones is 3. The predicted molar refractivity (Wildman–Crippen MR) is 137 cm³/mol. The summed E-state index contributed by atoms with van der Waals surface area (Å²) in [6.07, 6.45) is 3.56. The van der Waals surface area contributed by atoms with E-state index in [1.165, 1.54) is 6.92 Å². The Hall–Kier alpha value is -1.37. The van der Waals surface area contributed by atoms with E-state index in [9.17, 15) is 29.7 Å². The van der Waals surface area contributed by atoms with Gasteiger partial charge in [-0.25, -0.2) is 0 Å². The lowest BCUT2D eigenvalue weighted by Crippen LogP contribution is -2.58. The van der Waals surface area contributed by atoms with Crippen LogP contribution in [0, 0.1) is 39.4 Å². The first-order valence-electron chi connectivity index (χ1n) is 13.8. The number of hydrogen-bond donors (Lipinski definition) is 3. The Kier molecular flexibility index (Phi) is 6.59. The highest BCUT2D eigenvalue weighted by atomic mass is 16.4. The van der Waals surface area contributed by atoms with E-state index in [4.69, 9.17) is 0 Å². The minimum atomic E-state index is -1.54. The van der Waals surface area contributed by atoms with Crippen molar-refractivity contribution in [1.29, 1.82) is 0 Å². The van der Waals surface area contributed by atoms with E-state index in [2.05, 4.69) is 27.7 Å². The first-order chi connectivity index (χ1) is 16.5. The number of aliphatic hydroxyl groups excluding tert-OH is 2. The van der Waals surface area contributed by atoms with Crippen LogP contribution < -0.4 is 0 Å². The molecule has 0 spiro atoms. The van der Waals surface area contributed by atoms with Gasteiger partial charge < -0.3 is 15.3 Å². The van der Waals surface area contributed by atoms with E-state index in [0.717, 1.165) is 24.0 Å². The average Bonchev–Trinajstić information content (AvgIpc) is 3.06. The number of allylic oxidation sites excluding steroid dienone is 2. The average molecular weight is 503 g/mol. The normalized spacial score (nSPS) is 41.3. The lowest BCUT2D eigenvalue weighted by molar-refractivity contribution is -0.146. The number of carbonyl (C=O) groups excluding carboxylic acids is 3. The molecule has 36 heavy (non-hydrogen) atoms. The zero-order valence-corrected chi connectivity index (χ0v) is 23.2. The highest BCUT2D eigenvalue weighted by Crippen LogP contribution is 2.70. The minimum absolute atomic E-state index is 0.0553. The Labute approximate surface area is 215 Å². The third kappa shape index (κ3) is 3.65. The number of Topliss-reactive ketones (excluding diaryl/α,β-unsaturated/α-hetero) is 3. The van der Waals surface area contributed by atoms with Crippen LogP contribution in [0.3, 0.4) is 0 Å². The van der Waals surface area contributed by atoms with Gasteiger partial charge in [0.25, 0.3) is 0 Å². The van der Waals surface area contributed by atoms with Crippen LogP contribution in [0.25, 0.3) is 0 Å². The van der Waals surface area contributed by atoms with Crippen molar-refractivity contribution >= 4 is 17.3 Å². The molecule has 2 fully saturated rings. The molecule has 6 nitrogen and oxygen atoms in total. The molecule has 4 aliphatic rings. The third-order valence-corrected chi connectivity index (χ3v) is 11.7. The van der Waals surface area contributed by atoms with Crippen LogP contribution in [0.1, 0.15) is 99.8 Å². The molecule has 202 valence electrons. The van der Waals surface area contributed by atoms with Gasteiger partial charge in [0.1, 0.15) is 11.4 Å².